The van der Waals surface area contributed by atoms with Crippen LogP contribution in [0.3, 0.4) is 0 Å². The number of hydrogen-bond acceptors (Lipinski definition) is 2. The quantitative estimate of drug-likeness (QED) is 0.874. The van der Waals surface area contributed by atoms with Gasteiger partial charge in [0, 0.05) is 31.4 Å². The zero-order valence-electron chi connectivity index (χ0n) is 11.7. The molecule has 2 aliphatic carbocycles. The maximum absolute atomic E-state index is 13.8. The summed E-state index contributed by atoms with van der Waals surface area (Å²) in [4.78, 5) is 2.26. The van der Waals surface area contributed by atoms with Crippen molar-refractivity contribution in [3.05, 3.63) is 29.6 Å². The molecule has 19 heavy (non-hydrogen) atoms. The highest BCUT2D eigenvalue weighted by atomic mass is 19.1. The molecule has 2 saturated carbocycles. The van der Waals surface area contributed by atoms with Crippen LogP contribution < -0.4 is 10.2 Å². The third-order valence-electron chi connectivity index (χ3n) is 4.39. The van der Waals surface area contributed by atoms with E-state index in [2.05, 4.69) is 23.3 Å². The number of nitrogens with zero attached hydrogens (tertiary/aromatic N) is 1. The maximum atomic E-state index is 13.8. The molecule has 0 amide bonds. The molecule has 1 aromatic carbocycles. The van der Waals surface area contributed by atoms with Gasteiger partial charge in [0.25, 0.3) is 0 Å². The van der Waals surface area contributed by atoms with Gasteiger partial charge in [-0.15, -0.1) is 0 Å². The summed E-state index contributed by atoms with van der Waals surface area (Å²) in [5.41, 5.74) is 2.09. The predicted octanol–water partition coefficient (Wildman–Crippen LogP) is 3.46. The van der Waals surface area contributed by atoms with Crippen molar-refractivity contribution < 1.29 is 4.39 Å². The van der Waals surface area contributed by atoms with E-state index in [4.69, 9.17) is 0 Å². The Balaban J connectivity index is 1.71. The molecule has 0 atom stereocenters. The minimum atomic E-state index is -0.116. The van der Waals surface area contributed by atoms with Crippen LogP contribution in [0.1, 0.15) is 44.1 Å². The van der Waals surface area contributed by atoms with Gasteiger partial charge in [0.05, 0.1) is 0 Å². The lowest BCUT2D eigenvalue weighted by Crippen LogP contribution is -2.29. The van der Waals surface area contributed by atoms with Crippen molar-refractivity contribution in [1.29, 1.82) is 0 Å². The standard InChI is InChI=1S/C16H23FN2/c1-19(15-4-2-3-5-15)16-9-12(8-13(17)10-16)11-18-14-6-7-14/h8-10,14-15,18H,2-7,11H2,1H3. The molecule has 2 fully saturated rings. The van der Waals surface area contributed by atoms with Crippen LogP contribution in [0.2, 0.25) is 0 Å². The van der Waals surface area contributed by atoms with Crippen molar-refractivity contribution >= 4 is 5.69 Å². The van der Waals surface area contributed by atoms with Gasteiger partial charge in [0.1, 0.15) is 5.82 Å². The highest BCUT2D eigenvalue weighted by Crippen LogP contribution is 2.28. The minimum Gasteiger partial charge on any atom is -0.372 e. The summed E-state index contributed by atoms with van der Waals surface area (Å²) in [5, 5.41) is 3.45. The number of rotatable bonds is 5. The van der Waals surface area contributed by atoms with E-state index >= 15 is 0 Å². The van der Waals surface area contributed by atoms with Gasteiger partial charge in [-0.25, -0.2) is 4.39 Å². The van der Waals surface area contributed by atoms with Crippen molar-refractivity contribution in [2.45, 2.75) is 57.2 Å². The molecule has 104 valence electrons. The zero-order valence-corrected chi connectivity index (χ0v) is 11.7. The molecule has 0 unspecified atom stereocenters. The second kappa shape index (κ2) is 5.49. The van der Waals surface area contributed by atoms with Crippen LogP contribution in [0.15, 0.2) is 18.2 Å². The van der Waals surface area contributed by atoms with Gasteiger partial charge >= 0.3 is 0 Å². The zero-order chi connectivity index (χ0) is 13.2. The van der Waals surface area contributed by atoms with E-state index in [1.165, 1.54) is 38.5 Å². The van der Waals surface area contributed by atoms with Gasteiger partial charge in [0.15, 0.2) is 0 Å². The van der Waals surface area contributed by atoms with Crippen LogP contribution in [0, 0.1) is 5.82 Å². The number of halogens is 1. The van der Waals surface area contributed by atoms with Crippen molar-refractivity contribution in [1.82, 2.24) is 5.32 Å². The van der Waals surface area contributed by atoms with Crippen LogP contribution in [0.5, 0.6) is 0 Å². The first-order chi connectivity index (χ1) is 9.22. The molecule has 1 aromatic rings. The summed E-state index contributed by atoms with van der Waals surface area (Å²) in [6, 6.07) is 6.71. The van der Waals surface area contributed by atoms with E-state index in [0.29, 0.717) is 12.1 Å². The fraction of sp³-hybridized carbons (Fsp3) is 0.625. The van der Waals surface area contributed by atoms with Crippen LogP contribution in [-0.4, -0.2) is 19.1 Å². The van der Waals surface area contributed by atoms with Gasteiger partial charge in [-0.1, -0.05) is 12.8 Å². The molecule has 0 aliphatic heterocycles. The van der Waals surface area contributed by atoms with Crippen LogP contribution >= 0.6 is 0 Å². The van der Waals surface area contributed by atoms with Crippen LogP contribution in [0.4, 0.5) is 10.1 Å². The van der Waals surface area contributed by atoms with E-state index in [-0.39, 0.29) is 5.82 Å². The van der Waals surface area contributed by atoms with E-state index in [1.807, 2.05) is 0 Å². The summed E-state index contributed by atoms with van der Waals surface area (Å²) < 4.78 is 13.8. The maximum Gasteiger partial charge on any atom is 0.125 e. The topological polar surface area (TPSA) is 15.3 Å². The molecule has 0 spiro atoms. The Morgan fingerprint density at radius 3 is 2.58 bits per heavy atom. The molecule has 2 nitrogen and oxygen atoms in total. The second-order valence-electron chi connectivity index (χ2n) is 6.02. The number of benzene rings is 1. The third-order valence-corrected chi connectivity index (χ3v) is 4.39. The molecule has 0 bridgehead atoms. The smallest absolute Gasteiger partial charge is 0.125 e. The molecular formula is C16H23FN2. The summed E-state index contributed by atoms with van der Waals surface area (Å²) in [6.45, 7) is 0.786. The van der Waals surface area contributed by atoms with Gasteiger partial charge in [-0.05, 0) is 49.4 Å². The minimum absolute atomic E-state index is 0.116. The summed E-state index contributed by atoms with van der Waals surface area (Å²) >= 11 is 0. The lowest BCUT2D eigenvalue weighted by Gasteiger charge is -2.27. The Morgan fingerprint density at radius 2 is 1.89 bits per heavy atom. The van der Waals surface area contributed by atoms with Crippen LogP contribution in [0.25, 0.3) is 0 Å². The van der Waals surface area contributed by atoms with Crippen molar-refractivity contribution in [3.63, 3.8) is 0 Å². The molecule has 0 aromatic heterocycles. The molecule has 0 heterocycles. The first-order valence-corrected chi connectivity index (χ1v) is 7.48. The highest BCUT2D eigenvalue weighted by molar-refractivity contribution is 5.49. The Hall–Kier alpha value is -1.09. The Bertz CT molecular complexity index is 436. The molecule has 0 radical (unpaired) electrons. The Kier molecular flexibility index (Phi) is 3.74. The number of nitrogens with one attached hydrogen (secondary N) is 1. The average molecular weight is 262 g/mol. The highest BCUT2D eigenvalue weighted by Gasteiger charge is 2.22. The molecule has 2 aliphatic rings. The largest absolute Gasteiger partial charge is 0.372 e. The lowest BCUT2D eigenvalue weighted by atomic mass is 10.1. The number of anilines is 1. The number of hydrogen-bond donors (Lipinski definition) is 1. The SMILES string of the molecule is CN(c1cc(F)cc(CNC2CC2)c1)C1CCCC1. The van der Waals surface area contributed by atoms with Gasteiger partial charge in [-0.3, -0.25) is 0 Å². The Labute approximate surface area is 115 Å². The normalized spacial score (nSPS) is 19.9. The van der Waals surface area contributed by atoms with E-state index < -0.39 is 0 Å². The summed E-state index contributed by atoms with van der Waals surface area (Å²) in [6.07, 6.45) is 7.63. The van der Waals surface area contributed by atoms with Crippen molar-refractivity contribution in [3.8, 4) is 0 Å². The second-order valence-corrected chi connectivity index (χ2v) is 6.02. The van der Waals surface area contributed by atoms with Crippen molar-refractivity contribution in [2.24, 2.45) is 0 Å². The van der Waals surface area contributed by atoms with E-state index in [1.54, 1.807) is 12.1 Å². The van der Waals surface area contributed by atoms with E-state index in [0.717, 1.165) is 17.8 Å². The predicted molar refractivity (Wildman–Crippen MR) is 76.9 cm³/mol. The van der Waals surface area contributed by atoms with Gasteiger partial charge in [-0.2, -0.15) is 0 Å². The fourth-order valence-corrected chi connectivity index (χ4v) is 2.99. The molecular weight excluding hydrogens is 239 g/mol. The molecule has 0 saturated heterocycles. The van der Waals surface area contributed by atoms with Gasteiger partial charge in [0.2, 0.25) is 0 Å². The molecule has 3 heteroatoms. The van der Waals surface area contributed by atoms with Gasteiger partial charge < -0.3 is 10.2 Å². The van der Waals surface area contributed by atoms with E-state index in [9.17, 15) is 4.39 Å². The lowest BCUT2D eigenvalue weighted by molar-refractivity contribution is 0.612. The summed E-state index contributed by atoms with van der Waals surface area (Å²) in [5.74, 6) is -0.116. The van der Waals surface area contributed by atoms with Crippen LogP contribution in [-0.2, 0) is 6.54 Å². The molecule has 3 rings (SSSR count). The summed E-state index contributed by atoms with van der Waals surface area (Å²) in [7, 11) is 2.10. The van der Waals surface area contributed by atoms with Crippen molar-refractivity contribution in [2.75, 3.05) is 11.9 Å². The fourth-order valence-electron chi connectivity index (χ4n) is 2.99. The third kappa shape index (κ3) is 3.27. The first kappa shape index (κ1) is 12.9. The molecule has 1 N–H and O–H groups in total. The average Bonchev–Trinajstić information content (AvgIpc) is 3.07. The Morgan fingerprint density at radius 1 is 1.16 bits per heavy atom. The monoisotopic (exact) mass is 262 g/mol. The first-order valence-electron chi connectivity index (χ1n) is 7.48.